The molecular weight excluding hydrogens is 240 g/mol. The van der Waals surface area contributed by atoms with E-state index in [2.05, 4.69) is 14.7 Å². The van der Waals surface area contributed by atoms with Crippen molar-refractivity contribution in [1.82, 2.24) is 9.97 Å². The van der Waals surface area contributed by atoms with Crippen LogP contribution in [-0.2, 0) is 16.0 Å². The molecule has 0 fully saturated rings. The largest absolute Gasteiger partial charge is 0.469 e. The molecule has 1 heterocycles. The molecule has 0 radical (unpaired) electrons. The molecule has 0 saturated carbocycles. The van der Waals surface area contributed by atoms with Crippen molar-refractivity contribution in [1.29, 1.82) is 0 Å². The van der Waals surface area contributed by atoms with E-state index in [-0.39, 0.29) is 11.5 Å². The van der Waals surface area contributed by atoms with Crippen LogP contribution in [-0.4, -0.2) is 28.8 Å². The SMILES string of the molecule is CCCc1cc(=O)[nH]c(SCCC(=O)OC)n1. The third kappa shape index (κ3) is 5.04. The van der Waals surface area contributed by atoms with Crippen LogP contribution in [0, 0.1) is 0 Å². The summed E-state index contributed by atoms with van der Waals surface area (Å²) < 4.78 is 4.53. The number of carbonyl (C=O) groups is 1. The average molecular weight is 256 g/mol. The number of H-pyrrole nitrogens is 1. The molecule has 1 aromatic heterocycles. The number of ether oxygens (including phenoxy) is 1. The van der Waals surface area contributed by atoms with E-state index in [0.717, 1.165) is 18.5 Å². The first-order valence-corrected chi connectivity index (χ1v) is 6.44. The number of nitrogens with zero attached hydrogens (tertiary/aromatic N) is 1. The molecule has 0 amide bonds. The fourth-order valence-corrected chi connectivity index (χ4v) is 2.09. The summed E-state index contributed by atoms with van der Waals surface area (Å²) >= 11 is 1.35. The van der Waals surface area contributed by atoms with Gasteiger partial charge in [-0.2, -0.15) is 0 Å². The Balaban J connectivity index is 2.58. The first-order valence-electron chi connectivity index (χ1n) is 5.45. The highest BCUT2D eigenvalue weighted by Gasteiger charge is 2.04. The lowest BCUT2D eigenvalue weighted by molar-refractivity contribution is -0.140. The maximum atomic E-state index is 11.3. The minimum atomic E-state index is -0.260. The number of aryl methyl sites for hydroxylation is 1. The summed E-state index contributed by atoms with van der Waals surface area (Å²) in [6.45, 7) is 2.03. The zero-order valence-corrected chi connectivity index (χ0v) is 10.8. The number of methoxy groups -OCH3 is 1. The number of carbonyl (C=O) groups excluding carboxylic acids is 1. The van der Waals surface area contributed by atoms with Gasteiger partial charge in [0.1, 0.15) is 0 Å². The summed E-state index contributed by atoms with van der Waals surface area (Å²) in [5, 5.41) is 0.560. The van der Waals surface area contributed by atoms with E-state index >= 15 is 0 Å². The van der Waals surface area contributed by atoms with Gasteiger partial charge in [0.2, 0.25) is 0 Å². The van der Waals surface area contributed by atoms with Gasteiger partial charge in [-0.25, -0.2) is 4.98 Å². The van der Waals surface area contributed by atoms with Gasteiger partial charge in [-0.15, -0.1) is 0 Å². The lowest BCUT2D eigenvalue weighted by Crippen LogP contribution is -2.10. The van der Waals surface area contributed by atoms with Gasteiger partial charge in [0, 0.05) is 17.5 Å². The molecule has 0 aliphatic heterocycles. The lowest BCUT2D eigenvalue weighted by Gasteiger charge is -2.02. The second-order valence-corrected chi connectivity index (χ2v) is 4.55. The Bertz CT molecular complexity index is 431. The van der Waals surface area contributed by atoms with Crippen LogP contribution in [0.4, 0.5) is 0 Å². The average Bonchev–Trinajstić information content (AvgIpc) is 2.28. The minimum Gasteiger partial charge on any atom is -0.469 e. The Labute approximate surface area is 104 Å². The molecule has 0 spiro atoms. The molecule has 0 saturated heterocycles. The first-order chi connectivity index (χ1) is 8.15. The zero-order chi connectivity index (χ0) is 12.7. The molecular formula is C11H16N2O3S. The quantitative estimate of drug-likeness (QED) is 0.473. The van der Waals surface area contributed by atoms with Crippen molar-refractivity contribution < 1.29 is 9.53 Å². The zero-order valence-electron chi connectivity index (χ0n) is 9.99. The highest BCUT2D eigenvalue weighted by molar-refractivity contribution is 7.99. The monoisotopic (exact) mass is 256 g/mol. The van der Waals surface area contributed by atoms with Gasteiger partial charge in [-0.1, -0.05) is 25.1 Å². The number of hydrogen-bond donors (Lipinski definition) is 1. The summed E-state index contributed by atoms with van der Waals surface area (Å²) in [6, 6.07) is 1.51. The summed E-state index contributed by atoms with van der Waals surface area (Å²) in [6.07, 6.45) is 2.04. The highest BCUT2D eigenvalue weighted by Crippen LogP contribution is 2.13. The van der Waals surface area contributed by atoms with Crippen LogP contribution >= 0.6 is 11.8 Å². The van der Waals surface area contributed by atoms with Gasteiger partial charge in [-0.3, -0.25) is 9.59 Å². The number of esters is 1. The van der Waals surface area contributed by atoms with Crippen molar-refractivity contribution in [2.45, 2.75) is 31.3 Å². The second kappa shape index (κ2) is 7.11. The number of nitrogens with one attached hydrogen (secondary N) is 1. The van der Waals surface area contributed by atoms with Crippen LogP contribution in [0.15, 0.2) is 16.0 Å². The van der Waals surface area contributed by atoms with Crippen LogP contribution in [0.2, 0.25) is 0 Å². The predicted octanol–water partition coefficient (Wildman–Crippen LogP) is 1.38. The Morgan fingerprint density at radius 2 is 2.35 bits per heavy atom. The fourth-order valence-electron chi connectivity index (χ4n) is 1.27. The predicted molar refractivity (Wildman–Crippen MR) is 66.2 cm³/mol. The van der Waals surface area contributed by atoms with Crippen LogP contribution in [0.1, 0.15) is 25.5 Å². The van der Waals surface area contributed by atoms with Crippen LogP contribution < -0.4 is 5.56 Å². The Kier molecular flexibility index (Phi) is 5.76. The molecule has 0 bridgehead atoms. The Morgan fingerprint density at radius 1 is 1.59 bits per heavy atom. The van der Waals surface area contributed by atoms with Gasteiger partial charge in [0.25, 0.3) is 5.56 Å². The molecule has 0 aromatic carbocycles. The van der Waals surface area contributed by atoms with Crippen LogP contribution in [0.3, 0.4) is 0 Å². The standard InChI is InChI=1S/C11H16N2O3S/c1-3-4-8-7-9(14)13-11(12-8)17-6-5-10(15)16-2/h7H,3-6H2,1-2H3,(H,12,13,14). The van der Waals surface area contributed by atoms with Crippen molar-refractivity contribution in [2.24, 2.45) is 0 Å². The maximum Gasteiger partial charge on any atom is 0.306 e. The number of aromatic nitrogens is 2. The molecule has 6 heteroatoms. The van der Waals surface area contributed by atoms with Crippen molar-refractivity contribution in [3.8, 4) is 0 Å². The molecule has 0 aliphatic carbocycles. The molecule has 1 aromatic rings. The van der Waals surface area contributed by atoms with Gasteiger partial charge in [0.05, 0.1) is 13.5 Å². The van der Waals surface area contributed by atoms with E-state index < -0.39 is 0 Å². The van der Waals surface area contributed by atoms with Crippen molar-refractivity contribution in [3.63, 3.8) is 0 Å². The third-order valence-corrected chi connectivity index (χ3v) is 2.93. The number of rotatable bonds is 6. The van der Waals surface area contributed by atoms with E-state index in [9.17, 15) is 9.59 Å². The third-order valence-electron chi connectivity index (χ3n) is 2.05. The van der Waals surface area contributed by atoms with Gasteiger partial charge in [0.15, 0.2) is 5.16 Å². The molecule has 94 valence electrons. The highest BCUT2D eigenvalue weighted by atomic mass is 32.2. The topological polar surface area (TPSA) is 72.0 Å². The van der Waals surface area contributed by atoms with E-state index in [0.29, 0.717) is 17.3 Å². The molecule has 1 N–H and O–H groups in total. The summed E-state index contributed by atoms with van der Waals surface area (Å²) in [7, 11) is 1.36. The van der Waals surface area contributed by atoms with Gasteiger partial charge in [-0.05, 0) is 6.42 Å². The van der Waals surface area contributed by atoms with Crippen molar-refractivity contribution >= 4 is 17.7 Å². The van der Waals surface area contributed by atoms with E-state index in [4.69, 9.17) is 0 Å². The minimum absolute atomic E-state index is 0.149. The summed E-state index contributed by atoms with van der Waals surface area (Å²) in [5.41, 5.74) is 0.640. The maximum absolute atomic E-state index is 11.3. The number of hydrogen-bond acceptors (Lipinski definition) is 5. The molecule has 5 nitrogen and oxygen atoms in total. The summed E-state index contributed by atoms with van der Waals surface area (Å²) in [5.74, 6) is 0.287. The molecule has 0 unspecified atom stereocenters. The number of thioether (sulfide) groups is 1. The van der Waals surface area contributed by atoms with Gasteiger partial charge >= 0.3 is 5.97 Å². The molecule has 0 aliphatic rings. The van der Waals surface area contributed by atoms with E-state index in [1.54, 1.807) is 0 Å². The second-order valence-electron chi connectivity index (χ2n) is 3.47. The smallest absolute Gasteiger partial charge is 0.306 e. The number of aromatic amines is 1. The van der Waals surface area contributed by atoms with Crippen molar-refractivity contribution in [2.75, 3.05) is 12.9 Å². The van der Waals surface area contributed by atoms with Crippen LogP contribution in [0.5, 0.6) is 0 Å². The molecule has 17 heavy (non-hydrogen) atoms. The van der Waals surface area contributed by atoms with E-state index in [1.165, 1.54) is 24.9 Å². The molecule has 0 atom stereocenters. The van der Waals surface area contributed by atoms with Gasteiger partial charge < -0.3 is 9.72 Å². The van der Waals surface area contributed by atoms with Crippen molar-refractivity contribution in [3.05, 3.63) is 22.1 Å². The van der Waals surface area contributed by atoms with E-state index in [1.807, 2.05) is 6.92 Å². The van der Waals surface area contributed by atoms with Crippen LogP contribution in [0.25, 0.3) is 0 Å². The normalized spacial score (nSPS) is 10.2. The Hall–Kier alpha value is -1.30. The Morgan fingerprint density at radius 3 is 3.00 bits per heavy atom. The fraction of sp³-hybridized carbons (Fsp3) is 0.545. The first kappa shape index (κ1) is 13.8. The lowest BCUT2D eigenvalue weighted by atomic mass is 10.2. The summed E-state index contributed by atoms with van der Waals surface area (Å²) in [4.78, 5) is 29.2. The molecule has 1 rings (SSSR count).